The van der Waals surface area contributed by atoms with E-state index in [-0.39, 0.29) is 6.04 Å². The number of carbonyl (C=O) groups excluding carboxylic acids is 1. The zero-order valence-corrected chi connectivity index (χ0v) is 42.5. The largest absolute Gasteiger partial charge is 0.479 e. The molecule has 23 heteroatoms. The van der Waals surface area contributed by atoms with Crippen molar-refractivity contribution >= 4 is 59.1 Å². The fourth-order valence-corrected chi connectivity index (χ4v) is 45.0. The minimum absolute atomic E-state index is 0. The Labute approximate surface area is 297 Å². The van der Waals surface area contributed by atoms with Crippen molar-refractivity contribution in [1.29, 1.82) is 0 Å². The Kier molecular flexibility index (Phi) is 17.2. The van der Waals surface area contributed by atoms with Gasteiger partial charge in [-0.15, -0.1) is 22.8 Å². The molecule has 300 valence electrons. The van der Waals surface area contributed by atoms with Crippen LogP contribution in [0, 0.1) is 0 Å². The van der Waals surface area contributed by atoms with Gasteiger partial charge in [-0.3, -0.25) is 9.47 Å². The SMILES string of the molecule is CN([C-]=O)c1cccc([Si](C)(C)CC[Si](C)(C)C[Si](CCC(F)OC(F)(F)C(F)(OC(F)(F)C(F)(F)OF)C(F)(F)F)(C[SiH](C)C)C[SiH](C)C)c1.[Rf]. The van der Waals surface area contributed by atoms with Crippen LogP contribution in [-0.2, 0) is 19.2 Å². The average Bonchev–Trinajstić information content (AvgIpc) is 2.96. The molecule has 0 aromatic heterocycles. The Morgan fingerprint density at radius 2 is 1.35 bits per heavy atom. The van der Waals surface area contributed by atoms with Crippen LogP contribution in [0.4, 0.5) is 58.5 Å². The van der Waals surface area contributed by atoms with Gasteiger partial charge in [0, 0.05) is 40.2 Å². The summed E-state index contributed by atoms with van der Waals surface area (Å²) >= 11 is 0. The second-order valence-corrected chi connectivity index (χ2v) is 38.9. The van der Waals surface area contributed by atoms with Crippen LogP contribution in [0.5, 0.6) is 0 Å². The van der Waals surface area contributed by atoms with Crippen molar-refractivity contribution in [2.24, 2.45) is 0 Å². The van der Waals surface area contributed by atoms with Crippen LogP contribution in [0.25, 0.3) is 0 Å². The molecule has 2 atom stereocenters. The zero-order valence-electron chi connectivity index (χ0n) is 30.8. The van der Waals surface area contributed by atoms with Crippen molar-refractivity contribution in [2.75, 3.05) is 11.9 Å². The minimum Gasteiger partial charge on any atom is -0.479 e. The van der Waals surface area contributed by atoms with Gasteiger partial charge in [-0.2, -0.15) is 43.9 Å². The van der Waals surface area contributed by atoms with E-state index < -0.39 is 85.0 Å². The van der Waals surface area contributed by atoms with E-state index >= 15 is 4.39 Å². The number of hydrogen-bond donors (Lipinski definition) is 0. The Morgan fingerprint density at radius 1 is 0.827 bits per heavy atom. The Bertz CT molecular complexity index is 1270. The molecule has 0 aliphatic carbocycles. The van der Waals surface area contributed by atoms with Crippen LogP contribution in [-0.4, -0.2) is 92.0 Å². The molecule has 0 saturated heterocycles. The van der Waals surface area contributed by atoms with Crippen molar-refractivity contribution in [3.05, 3.63) is 24.3 Å². The molecule has 5 nitrogen and oxygen atoms in total. The summed E-state index contributed by atoms with van der Waals surface area (Å²) in [6.45, 7) is 16.9. The van der Waals surface area contributed by atoms with E-state index in [0.29, 0.717) is 5.69 Å². The van der Waals surface area contributed by atoms with Crippen LogP contribution in [0.3, 0.4) is 0 Å². The molecule has 52 heavy (non-hydrogen) atoms. The number of rotatable bonds is 22. The second kappa shape index (κ2) is 18.0. The predicted molar refractivity (Wildman–Crippen MR) is 186 cm³/mol. The first kappa shape index (κ1) is 49.8. The zero-order chi connectivity index (χ0) is 40.1. The summed E-state index contributed by atoms with van der Waals surface area (Å²) in [5, 5.41) is 1.11. The van der Waals surface area contributed by atoms with Gasteiger partial charge in [-0.05, 0) is 11.6 Å². The first-order chi connectivity index (χ1) is 22.8. The number of alkyl halides is 11. The summed E-state index contributed by atoms with van der Waals surface area (Å²) < 4.78 is 170. The molecular weight excluding hydrogens is 1060 g/mol. The summed E-state index contributed by atoms with van der Waals surface area (Å²) in [7, 11) is -8.06. The van der Waals surface area contributed by atoms with E-state index in [1.165, 1.54) is 9.84 Å². The van der Waals surface area contributed by atoms with Gasteiger partial charge >= 0.3 is 30.4 Å². The fourth-order valence-electron chi connectivity index (χ4n) is 6.62. The number of anilines is 1. The molecule has 0 aliphatic rings. The molecule has 0 fully saturated rings. The maximum atomic E-state index is 15.1. The number of ether oxygens (including phenoxy) is 2. The molecule has 0 saturated carbocycles. The number of nitrogens with zero attached hydrogens (tertiary/aromatic N) is 1. The van der Waals surface area contributed by atoms with Crippen molar-refractivity contribution in [3.8, 4) is 0 Å². The third-order valence-corrected chi connectivity index (χ3v) is 35.9. The van der Waals surface area contributed by atoms with Gasteiger partial charge in [0.1, 0.15) is 0 Å². The van der Waals surface area contributed by atoms with Gasteiger partial charge < -0.3 is 9.69 Å². The molecule has 1 aromatic rings. The van der Waals surface area contributed by atoms with Crippen LogP contribution in [0.1, 0.15) is 6.42 Å². The van der Waals surface area contributed by atoms with Crippen LogP contribution < -0.4 is 10.1 Å². The van der Waals surface area contributed by atoms with E-state index in [2.05, 4.69) is 61.8 Å². The smallest absolute Gasteiger partial charge is 0.478 e. The second-order valence-electron chi connectivity index (χ2n) is 15.5. The summed E-state index contributed by atoms with van der Waals surface area (Å²) in [6.07, 6.45) is -29.8. The maximum absolute atomic E-state index is 15.1. The standard InChI is InChI=1S/C29H48F12NO4Si5.Rf/c1-42(18-43)22-11-10-12-23(17-22)50(8,9)16-15-49(6,7)21-51(19-47(2)3,20-48(4)5)14-13-24(30)44-27(35,36)25(31,26(32,33)34)45-28(37,38)29(39,40)46-41;/h10-12,17,24,47-48H,13-16,19-21H2,1-9H3;/q-1;. The first-order valence-electron chi connectivity index (χ1n) is 16.2. The maximum Gasteiger partial charge on any atom is 0.478 e. The third kappa shape index (κ3) is 13.0. The molecule has 2 unspecified atom stereocenters. The van der Waals surface area contributed by atoms with Gasteiger partial charge in [0.15, 0.2) is 0 Å². The van der Waals surface area contributed by atoms with Crippen LogP contribution in [0.2, 0.25) is 87.5 Å². The predicted octanol–water partition coefficient (Wildman–Crippen LogP) is 9.48. The van der Waals surface area contributed by atoms with Crippen LogP contribution in [0.15, 0.2) is 24.3 Å². The normalized spacial score (nSPS) is 15.8. The Hall–Kier alpha value is -2.19. The first-order valence-corrected chi connectivity index (χ1v) is 31.9. The molecule has 1 aromatic carbocycles. The fraction of sp³-hybridized carbons (Fsp3) is 0.759. The van der Waals surface area contributed by atoms with Crippen molar-refractivity contribution in [1.82, 2.24) is 0 Å². The van der Waals surface area contributed by atoms with E-state index in [1.807, 2.05) is 24.6 Å². The molecule has 0 bridgehead atoms. The molecule has 1 rings (SSSR count). The summed E-state index contributed by atoms with van der Waals surface area (Å²) in [5.74, 6) is -7.04. The van der Waals surface area contributed by atoms with Gasteiger partial charge in [0.05, 0.1) is 14.5 Å². The average molecular weight is 1110 g/mol. The van der Waals surface area contributed by atoms with Crippen molar-refractivity contribution in [3.63, 3.8) is 0 Å². The summed E-state index contributed by atoms with van der Waals surface area (Å²) in [6, 6.07) is 9.29. The number of benzene rings is 1. The Balaban J connectivity index is 0.0000260. The van der Waals surface area contributed by atoms with E-state index in [1.54, 1.807) is 13.1 Å². The van der Waals surface area contributed by atoms with Crippen LogP contribution >= 0.6 is 0 Å². The van der Waals surface area contributed by atoms with E-state index in [0.717, 1.165) is 34.3 Å². The molecule has 0 heterocycles. The van der Waals surface area contributed by atoms with E-state index in [4.69, 9.17) is 0 Å². The topological polar surface area (TPSA) is 48.0 Å². The molecular formula is C29H48F12NO4RfSi5-. The number of amides is 1. The third-order valence-electron chi connectivity index (χ3n) is 8.74. The summed E-state index contributed by atoms with van der Waals surface area (Å²) in [4.78, 5) is 14.0. The van der Waals surface area contributed by atoms with Crippen molar-refractivity contribution < 1.29 is 72.0 Å². The van der Waals surface area contributed by atoms with E-state index in [9.17, 15) is 53.2 Å². The molecule has 0 spiro atoms. The Morgan fingerprint density at radius 3 is 1.79 bits per heavy atom. The van der Waals surface area contributed by atoms with Gasteiger partial charge in [0.25, 0.3) is 0 Å². The van der Waals surface area contributed by atoms with Gasteiger partial charge in [-0.25, -0.2) is 4.39 Å². The molecule has 1 amide bonds. The quantitative estimate of drug-likeness (QED) is 0.0503. The van der Waals surface area contributed by atoms with Gasteiger partial charge in [0.2, 0.25) is 6.36 Å². The monoisotopic (exact) mass is 1110 g/mol. The summed E-state index contributed by atoms with van der Waals surface area (Å²) in [5.41, 5.74) is 2.92. The van der Waals surface area contributed by atoms with Gasteiger partial charge in [-0.1, -0.05) is 105 Å². The number of hydrogen-bond acceptors (Lipinski definition) is 4. The molecule has 0 aliphatic heterocycles. The minimum atomic E-state index is -7.19. The van der Waals surface area contributed by atoms with Crippen molar-refractivity contribution in [2.45, 2.75) is 131 Å². The molecule has 0 N–H and O–H groups in total. The number of halogens is 12. The molecule has 0 radical (unpaired) electrons.